The monoisotopic (exact) mass is 557 g/mol. The number of hydrogen-bond donors (Lipinski definition) is 1. The van der Waals surface area contributed by atoms with Crippen LogP contribution in [0.25, 0.3) is 11.1 Å². The van der Waals surface area contributed by atoms with Crippen molar-refractivity contribution in [2.75, 3.05) is 23.3 Å². The molecule has 3 aromatic carbocycles. The summed E-state index contributed by atoms with van der Waals surface area (Å²) in [4.78, 5) is 29.3. The molecular formula is C30H27N3O6S. The van der Waals surface area contributed by atoms with Crippen LogP contribution in [0.15, 0.2) is 90.1 Å². The topological polar surface area (TPSA) is 115 Å². The quantitative estimate of drug-likeness (QED) is 0.340. The summed E-state index contributed by atoms with van der Waals surface area (Å²) in [6.07, 6.45) is 2.38. The van der Waals surface area contributed by atoms with Gasteiger partial charge in [0.1, 0.15) is 5.75 Å². The van der Waals surface area contributed by atoms with E-state index < -0.39 is 28.0 Å². The predicted octanol–water partition coefficient (Wildman–Crippen LogP) is 4.75. The third kappa shape index (κ3) is 5.13. The number of sulfonamides is 1. The van der Waals surface area contributed by atoms with Crippen LogP contribution in [-0.4, -0.2) is 45.0 Å². The minimum atomic E-state index is -4.04. The molecule has 0 aliphatic carbocycles. The second-order valence-corrected chi connectivity index (χ2v) is 11.2. The zero-order valence-electron chi connectivity index (χ0n) is 22.1. The van der Waals surface area contributed by atoms with Crippen LogP contribution >= 0.6 is 0 Å². The molecule has 1 aliphatic rings. The van der Waals surface area contributed by atoms with E-state index in [-0.39, 0.29) is 17.2 Å². The number of aryl methyl sites for hydroxylation is 2. The van der Waals surface area contributed by atoms with E-state index in [1.807, 2.05) is 19.9 Å². The summed E-state index contributed by atoms with van der Waals surface area (Å²) in [6.45, 7) is 3.65. The predicted molar refractivity (Wildman–Crippen MR) is 151 cm³/mol. The van der Waals surface area contributed by atoms with Crippen LogP contribution in [0.2, 0.25) is 0 Å². The number of esters is 1. The Labute approximate surface area is 232 Å². The molecule has 9 nitrogen and oxygen atoms in total. The van der Waals surface area contributed by atoms with Crippen LogP contribution in [0.4, 0.5) is 11.4 Å². The Bertz CT molecular complexity index is 1670. The number of pyridine rings is 1. The molecule has 204 valence electrons. The van der Waals surface area contributed by atoms with E-state index in [0.717, 1.165) is 22.3 Å². The Balaban J connectivity index is 1.52. The smallest absolute Gasteiger partial charge is 0.337 e. The van der Waals surface area contributed by atoms with E-state index in [2.05, 4.69) is 10.3 Å². The average molecular weight is 558 g/mol. The first kappa shape index (κ1) is 26.9. The van der Waals surface area contributed by atoms with Gasteiger partial charge in [0.05, 0.1) is 29.8 Å². The number of methoxy groups -OCH3 is 1. The number of hydrogen-bond acceptors (Lipinski definition) is 7. The Morgan fingerprint density at radius 1 is 0.975 bits per heavy atom. The second kappa shape index (κ2) is 10.8. The number of aromatic nitrogens is 1. The van der Waals surface area contributed by atoms with Crippen LogP contribution in [-0.2, 0) is 19.6 Å². The fourth-order valence-electron chi connectivity index (χ4n) is 4.68. The van der Waals surface area contributed by atoms with Gasteiger partial charge in [-0.3, -0.25) is 14.1 Å². The number of carbonyl (C=O) groups excluding carboxylic acids is 2. The number of nitrogens with one attached hydrogen (secondary N) is 1. The largest absolute Gasteiger partial charge is 0.476 e. The van der Waals surface area contributed by atoms with Gasteiger partial charge in [-0.05, 0) is 84.6 Å². The van der Waals surface area contributed by atoms with Crippen LogP contribution in [0.3, 0.4) is 0 Å². The lowest BCUT2D eigenvalue weighted by Crippen LogP contribution is -2.48. The van der Waals surface area contributed by atoms with Gasteiger partial charge in [0.2, 0.25) is 0 Å². The summed E-state index contributed by atoms with van der Waals surface area (Å²) < 4.78 is 39.7. The van der Waals surface area contributed by atoms with Gasteiger partial charge in [0.25, 0.3) is 15.9 Å². The highest BCUT2D eigenvalue weighted by atomic mass is 32.2. The number of nitrogens with zero attached hydrogens (tertiary/aromatic N) is 2. The van der Waals surface area contributed by atoms with E-state index >= 15 is 0 Å². The van der Waals surface area contributed by atoms with Crippen molar-refractivity contribution < 1.29 is 27.5 Å². The van der Waals surface area contributed by atoms with E-state index in [1.165, 1.54) is 35.7 Å². The Morgan fingerprint density at radius 2 is 1.65 bits per heavy atom. The number of fused-ring (bicyclic) bond motifs is 1. The maximum absolute atomic E-state index is 13.9. The van der Waals surface area contributed by atoms with Crippen LogP contribution < -0.4 is 14.4 Å². The van der Waals surface area contributed by atoms with Gasteiger partial charge in [-0.25, -0.2) is 13.2 Å². The number of benzene rings is 3. The van der Waals surface area contributed by atoms with Crippen molar-refractivity contribution in [2.24, 2.45) is 0 Å². The summed E-state index contributed by atoms with van der Waals surface area (Å²) in [6, 6.07) is 19.5. The fourth-order valence-corrected chi connectivity index (χ4v) is 6.17. The molecule has 0 radical (unpaired) electrons. The molecule has 1 N–H and O–H groups in total. The van der Waals surface area contributed by atoms with Gasteiger partial charge in [0.15, 0.2) is 6.10 Å². The van der Waals surface area contributed by atoms with Crippen LogP contribution in [0.1, 0.15) is 21.5 Å². The maximum Gasteiger partial charge on any atom is 0.337 e. The number of amides is 1. The Morgan fingerprint density at radius 3 is 2.30 bits per heavy atom. The number of carbonyl (C=O) groups is 2. The number of rotatable bonds is 6. The minimum absolute atomic E-state index is 0.0992. The average Bonchev–Trinajstić information content (AvgIpc) is 2.96. The maximum atomic E-state index is 13.9. The van der Waals surface area contributed by atoms with Gasteiger partial charge in [-0.1, -0.05) is 24.3 Å². The Kier molecular flexibility index (Phi) is 7.27. The third-order valence-corrected chi connectivity index (χ3v) is 8.43. The third-order valence-electron chi connectivity index (χ3n) is 6.64. The number of ether oxygens (including phenoxy) is 2. The first-order valence-corrected chi connectivity index (χ1v) is 13.9. The van der Waals surface area contributed by atoms with Gasteiger partial charge < -0.3 is 14.8 Å². The van der Waals surface area contributed by atoms with Crippen molar-refractivity contribution in [1.82, 2.24) is 4.98 Å². The molecule has 1 aliphatic heterocycles. The lowest BCUT2D eigenvalue weighted by atomic mass is 9.97. The first-order chi connectivity index (χ1) is 19.2. The van der Waals surface area contributed by atoms with E-state index in [0.29, 0.717) is 16.9 Å². The van der Waals surface area contributed by atoms with Crippen molar-refractivity contribution in [3.05, 3.63) is 102 Å². The normalized spacial score (nSPS) is 14.6. The Hall–Kier alpha value is -4.70. The molecule has 0 saturated carbocycles. The highest BCUT2D eigenvalue weighted by molar-refractivity contribution is 7.92. The zero-order chi connectivity index (χ0) is 28.4. The van der Waals surface area contributed by atoms with Crippen molar-refractivity contribution in [1.29, 1.82) is 0 Å². The van der Waals surface area contributed by atoms with Gasteiger partial charge >= 0.3 is 5.97 Å². The minimum Gasteiger partial charge on any atom is -0.476 e. The summed E-state index contributed by atoms with van der Waals surface area (Å²) in [5, 5.41) is 2.75. The molecule has 1 aromatic heterocycles. The lowest BCUT2D eigenvalue weighted by molar-refractivity contribution is -0.122. The molecular weight excluding hydrogens is 530 g/mol. The zero-order valence-corrected chi connectivity index (χ0v) is 22.9. The standard InChI is InChI=1S/C30H27N3O6S/c1-19-16-31-17-20(2)28(19)22-11-14-26-25(15-22)33(40(36,37)24-7-5-4-6-8-24)18-27(39-26)29(34)32-23-12-9-21(10-13-23)30(35)38-3/h4-17,27H,18H2,1-3H3,(H,32,34). The molecule has 0 fully saturated rings. The van der Waals surface area contributed by atoms with E-state index in [9.17, 15) is 18.0 Å². The van der Waals surface area contributed by atoms with E-state index in [4.69, 9.17) is 9.47 Å². The van der Waals surface area contributed by atoms with Crippen LogP contribution in [0, 0.1) is 13.8 Å². The molecule has 10 heteroatoms. The highest BCUT2D eigenvalue weighted by Gasteiger charge is 2.38. The van der Waals surface area contributed by atoms with Gasteiger partial charge in [-0.15, -0.1) is 0 Å². The molecule has 5 rings (SSSR count). The molecule has 40 heavy (non-hydrogen) atoms. The SMILES string of the molecule is COC(=O)c1ccc(NC(=O)C2CN(S(=O)(=O)c3ccccc3)c3cc(-c4c(C)cncc4C)ccc3O2)cc1. The van der Waals surface area contributed by atoms with Gasteiger partial charge in [0, 0.05) is 18.1 Å². The summed E-state index contributed by atoms with van der Waals surface area (Å²) in [5.74, 6) is -0.766. The van der Waals surface area contributed by atoms with Crippen LogP contribution in [0.5, 0.6) is 5.75 Å². The molecule has 1 amide bonds. The van der Waals surface area contributed by atoms with Crippen molar-refractivity contribution in [3.63, 3.8) is 0 Å². The lowest BCUT2D eigenvalue weighted by Gasteiger charge is -2.35. The van der Waals surface area contributed by atoms with E-state index in [1.54, 1.807) is 54.9 Å². The second-order valence-electron chi connectivity index (χ2n) is 9.34. The van der Waals surface area contributed by atoms with Crippen molar-refractivity contribution in [3.8, 4) is 16.9 Å². The molecule has 0 bridgehead atoms. The highest BCUT2D eigenvalue weighted by Crippen LogP contribution is 2.41. The molecule has 4 aromatic rings. The summed E-state index contributed by atoms with van der Waals surface area (Å²) >= 11 is 0. The first-order valence-electron chi connectivity index (χ1n) is 12.5. The van der Waals surface area contributed by atoms with Gasteiger partial charge in [-0.2, -0.15) is 0 Å². The molecule has 0 spiro atoms. The summed E-state index contributed by atoms with van der Waals surface area (Å²) in [7, 11) is -2.76. The molecule has 0 saturated heterocycles. The van der Waals surface area contributed by atoms with Crippen molar-refractivity contribution in [2.45, 2.75) is 24.8 Å². The van der Waals surface area contributed by atoms with Crippen molar-refractivity contribution >= 4 is 33.3 Å². The molecule has 1 unspecified atom stereocenters. The summed E-state index contributed by atoms with van der Waals surface area (Å²) in [5.41, 5.74) is 4.74. The molecule has 2 heterocycles. The number of anilines is 2. The fraction of sp³-hybridized carbons (Fsp3) is 0.167. The molecule has 1 atom stereocenters.